The number of carbonyl (C=O) groups is 1. The van der Waals surface area contributed by atoms with Crippen molar-refractivity contribution in [2.75, 3.05) is 13.2 Å². The molecular weight excluding hydrogens is 503 g/mol. The van der Waals surface area contributed by atoms with Gasteiger partial charge in [-0.25, -0.2) is 9.78 Å². The Balaban J connectivity index is 0.00000420. The van der Waals surface area contributed by atoms with E-state index in [-0.39, 0.29) is 42.0 Å². The largest absolute Gasteiger partial charge is 0.469 e. The van der Waals surface area contributed by atoms with E-state index in [4.69, 9.17) is 9.15 Å². The Morgan fingerprint density at radius 3 is 2.72 bits per heavy atom. The molecular formula is C20H31IN4O3S. The van der Waals surface area contributed by atoms with E-state index in [0.29, 0.717) is 23.7 Å². The lowest BCUT2D eigenvalue weighted by Crippen LogP contribution is -2.43. The van der Waals surface area contributed by atoms with Crippen LogP contribution in [0, 0.1) is 6.92 Å². The fraction of sp³-hybridized carbons (Fsp3) is 0.550. The normalized spacial score (nSPS) is 13.3. The maximum atomic E-state index is 12.0. The summed E-state index contributed by atoms with van der Waals surface area (Å²) in [6, 6.07) is 4.02. The third-order valence-electron chi connectivity index (χ3n) is 4.20. The Morgan fingerprint density at radius 2 is 2.10 bits per heavy atom. The SMILES string of the molecule is CCOC(=O)c1sc(C(C)NC(=NCCc2ccco2)NC(C)CC)nc1C.I. The number of hydrogen-bond donors (Lipinski definition) is 2. The van der Waals surface area contributed by atoms with Crippen LogP contribution in [0.25, 0.3) is 0 Å². The number of rotatable bonds is 9. The van der Waals surface area contributed by atoms with Gasteiger partial charge in [0.1, 0.15) is 15.6 Å². The van der Waals surface area contributed by atoms with Crippen molar-refractivity contribution in [1.29, 1.82) is 0 Å². The van der Waals surface area contributed by atoms with Crippen molar-refractivity contribution in [3.05, 3.63) is 39.7 Å². The first-order valence-electron chi connectivity index (χ1n) is 9.68. The van der Waals surface area contributed by atoms with Gasteiger partial charge in [0.25, 0.3) is 0 Å². The van der Waals surface area contributed by atoms with Crippen molar-refractivity contribution in [2.24, 2.45) is 4.99 Å². The second-order valence-electron chi connectivity index (χ2n) is 6.57. The van der Waals surface area contributed by atoms with Crippen LogP contribution in [-0.4, -0.2) is 36.1 Å². The summed E-state index contributed by atoms with van der Waals surface area (Å²) in [6.07, 6.45) is 3.39. The van der Waals surface area contributed by atoms with Gasteiger partial charge in [0.2, 0.25) is 0 Å². The molecule has 0 aliphatic rings. The zero-order valence-electron chi connectivity index (χ0n) is 17.7. The van der Waals surface area contributed by atoms with Gasteiger partial charge in [0.15, 0.2) is 5.96 Å². The van der Waals surface area contributed by atoms with Crippen LogP contribution in [0.4, 0.5) is 0 Å². The molecule has 2 atom stereocenters. The van der Waals surface area contributed by atoms with Crippen LogP contribution in [0.15, 0.2) is 27.8 Å². The van der Waals surface area contributed by atoms with Gasteiger partial charge < -0.3 is 19.8 Å². The fourth-order valence-electron chi connectivity index (χ4n) is 2.46. The molecule has 2 unspecified atom stereocenters. The first kappa shape index (κ1) is 25.4. The number of thiazole rings is 1. The Labute approximate surface area is 193 Å². The highest BCUT2D eigenvalue weighted by Gasteiger charge is 2.20. The minimum Gasteiger partial charge on any atom is -0.469 e. The monoisotopic (exact) mass is 534 g/mol. The Hall–Kier alpha value is -1.62. The lowest BCUT2D eigenvalue weighted by atomic mass is 10.2. The molecule has 9 heteroatoms. The van der Waals surface area contributed by atoms with Gasteiger partial charge in [-0.15, -0.1) is 35.3 Å². The minimum absolute atomic E-state index is 0. The van der Waals surface area contributed by atoms with Crippen molar-refractivity contribution in [3.8, 4) is 0 Å². The number of aromatic nitrogens is 1. The Bertz CT molecular complexity index is 777. The molecule has 0 aliphatic carbocycles. The van der Waals surface area contributed by atoms with Crippen LogP contribution in [0.2, 0.25) is 0 Å². The quantitative estimate of drug-likeness (QED) is 0.214. The molecule has 0 spiro atoms. The number of furan rings is 1. The number of nitrogens with one attached hydrogen (secondary N) is 2. The highest BCUT2D eigenvalue weighted by molar-refractivity contribution is 14.0. The second kappa shape index (κ2) is 12.8. The van der Waals surface area contributed by atoms with Gasteiger partial charge in [-0.05, 0) is 46.2 Å². The van der Waals surface area contributed by atoms with E-state index in [2.05, 4.69) is 34.5 Å². The molecule has 0 aliphatic heterocycles. The summed E-state index contributed by atoms with van der Waals surface area (Å²) < 4.78 is 10.5. The number of nitrogens with zero attached hydrogens (tertiary/aromatic N) is 2. The third-order valence-corrected chi connectivity index (χ3v) is 5.52. The van der Waals surface area contributed by atoms with Crippen molar-refractivity contribution in [1.82, 2.24) is 15.6 Å². The van der Waals surface area contributed by atoms with E-state index < -0.39 is 0 Å². The summed E-state index contributed by atoms with van der Waals surface area (Å²) in [5, 5.41) is 7.62. The third kappa shape index (κ3) is 7.96. The number of guanidine groups is 1. The van der Waals surface area contributed by atoms with Crippen LogP contribution >= 0.6 is 35.3 Å². The van der Waals surface area contributed by atoms with Gasteiger partial charge in [-0.3, -0.25) is 4.99 Å². The summed E-state index contributed by atoms with van der Waals surface area (Å²) in [5.41, 5.74) is 0.693. The van der Waals surface area contributed by atoms with Crippen LogP contribution < -0.4 is 10.6 Å². The summed E-state index contributed by atoms with van der Waals surface area (Å²) in [7, 11) is 0. The van der Waals surface area contributed by atoms with E-state index in [0.717, 1.165) is 29.6 Å². The predicted molar refractivity (Wildman–Crippen MR) is 127 cm³/mol. The molecule has 0 saturated heterocycles. The standard InChI is InChI=1S/C20H30N4O3S.HI/c1-6-13(3)22-20(21-11-10-16-9-8-12-27-16)24-15(5)18-23-14(4)17(28-18)19(25)26-7-2;/h8-9,12-13,15H,6-7,10-11H2,1-5H3,(H2,21,22,24);1H. The average Bonchev–Trinajstić information content (AvgIpc) is 3.31. The highest BCUT2D eigenvalue weighted by Crippen LogP contribution is 2.24. The highest BCUT2D eigenvalue weighted by atomic mass is 127. The smallest absolute Gasteiger partial charge is 0.350 e. The molecule has 0 amide bonds. The van der Waals surface area contributed by atoms with Gasteiger partial charge in [0, 0.05) is 19.0 Å². The van der Waals surface area contributed by atoms with E-state index in [9.17, 15) is 4.79 Å². The zero-order valence-corrected chi connectivity index (χ0v) is 20.8. The molecule has 0 bridgehead atoms. The number of halogens is 1. The molecule has 2 aromatic rings. The molecule has 0 aromatic carbocycles. The number of aryl methyl sites for hydroxylation is 1. The van der Waals surface area contributed by atoms with Crippen molar-refractivity contribution < 1.29 is 13.9 Å². The molecule has 0 saturated carbocycles. The summed E-state index contributed by atoms with van der Waals surface area (Å²) in [6.45, 7) is 10.8. The van der Waals surface area contributed by atoms with E-state index in [1.807, 2.05) is 26.0 Å². The summed E-state index contributed by atoms with van der Waals surface area (Å²) in [5.74, 6) is 1.31. The average molecular weight is 534 g/mol. The first-order valence-corrected chi connectivity index (χ1v) is 10.5. The van der Waals surface area contributed by atoms with E-state index in [1.54, 1.807) is 13.2 Å². The van der Waals surface area contributed by atoms with Crippen LogP contribution in [0.1, 0.15) is 66.3 Å². The second-order valence-corrected chi connectivity index (χ2v) is 7.60. The van der Waals surface area contributed by atoms with Gasteiger partial charge in [0.05, 0.1) is 24.6 Å². The van der Waals surface area contributed by atoms with Crippen molar-refractivity contribution in [3.63, 3.8) is 0 Å². The van der Waals surface area contributed by atoms with Crippen LogP contribution in [0.5, 0.6) is 0 Å². The number of aliphatic imine (C=N–C) groups is 1. The maximum absolute atomic E-state index is 12.0. The summed E-state index contributed by atoms with van der Waals surface area (Å²) >= 11 is 1.36. The van der Waals surface area contributed by atoms with Gasteiger partial charge in [-0.1, -0.05) is 6.92 Å². The molecule has 0 fully saturated rings. The van der Waals surface area contributed by atoms with Gasteiger partial charge >= 0.3 is 5.97 Å². The van der Waals surface area contributed by atoms with Gasteiger partial charge in [-0.2, -0.15) is 0 Å². The first-order chi connectivity index (χ1) is 13.4. The zero-order chi connectivity index (χ0) is 20.5. The maximum Gasteiger partial charge on any atom is 0.350 e. The van der Waals surface area contributed by atoms with E-state index >= 15 is 0 Å². The molecule has 7 nitrogen and oxygen atoms in total. The molecule has 2 heterocycles. The number of hydrogen-bond acceptors (Lipinski definition) is 6. The van der Waals surface area contributed by atoms with Crippen LogP contribution in [-0.2, 0) is 11.2 Å². The Kier molecular flexibility index (Phi) is 11.3. The lowest BCUT2D eigenvalue weighted by Gasteiger charge is -2.20. The predicted octanol–water partition coefficient (Wildman–Crippen LogP) is 4.48. The molecule has 2 aromatic heterocycles. The molecule has 29 heavy (non-hydrogen) atoms. The fourth-order valence-corrected chi connectivity index (χ4v) is 3.42. The Morgan fingerprint density at radius 1 is 1.34 bits per heavy atom. The number of esters is 1. The summed E-state index contributed by atoms with van der Waals surface area (Å²) in [4.78, 5) is 21.8. The number of carbonyl (C=O) groups excluding carboxylic acids is 1. The van der Waals surface area contributed by atoms with Crippen molar-refractivity contribution in [2.45, 2.75) is 59.5 Å². The van der Waals surface area contributed by atoms with Crippen LogP contribution in [0.3, 0.4) is 0 Å². The topological polar surface area (TPSA) is 88.8 Å². The lowest BCUT2D eigenvalue weighted by molar-refractivity contribution is 0.0531. The van der Waals surface area contributed by atoms with E-state index in [1.165, 1.54) is 11.3 Å². The molecule has 0 radical (unpaired) electrons. The van der Waals surface area contributed by atoms with Crippen molar-refractivity contribution >= 4 is 47.2 Å². The molecule has 2 N–H and O–H groups in total. The minimum atomic E-state index is -0.319. The molecule has 162 valence electrons. The molecule has 2 rings (SSSR count). The number of ether oxygens (including phenoxy) is 1.